The fraction of sp³-hybridized carbons (Fsp3) is 0.833. The van der Waals surface area contributed by atoms with E-state index in [-0.39, 0.29) is 0 Å². The molecule has 0 aliphatic carbocycles. The normalized spacial score (nSPS) is 13.1. The Balaban J connectivity index is 4.40. The highest BCUT2D eigenvalue weighted by Crippen LogP contribution is 2.51. The summed E-state index contributed by atoms with van der Waals surface area (Å²) >= 11 is 0. The van der Waals surface area contributed by atoms with E-state index in [1.807, 2.05) is 35.1 Å². The van der Waals surface area contributed by atoms with Crippen molar-refractivity contribution in [3.8, 4) is 0 Å². The van der Waals surface area contributed by atoms with Gasteiger partial charge in [0.15, 0.2) is 0 Å². The fourth-order valence-corrected chi connectivity index (χ4v) is 2.46. The molecule has 0 aromatic rings. The van der Waals surface area contributed by atoms with Gasteiger partial charge in [-0.15, -0.1) is 0 Å². The van der Waals surface area contributed by atoms with Crippen molar-refractivity contribution in [2.24, 2.45) is 0 Å². The quantitative estimate of drug-likeness (QED) is 0.465. The van der Waals surface area contributed by atoms with Crippen LogP contribution in [0, 0.1) is 6.16 Å². The van der Waals surface area contributed by atoms with Gasteiger partial charge in [0.1, 0.15) is 0 Å². The molecular weight excluding hydrogens is 147 g/mol. The first-order valence-electron chi connectivity index (χ1n) is 3.21. The van der Waals surface area contributed by atoms with Crippen LogP contribution < -0.4 is 0 Å². The summed E-state index contributed by atoms with van der Waals surface area (Å²) in [6.07, 6.45) is 1.74. The Morgan fingerprint density at radius 1 is 1.10 bits per heavy atom. The lowest BCUT2D eigenvalue weighted by molar-refractivity contribution is 0.455. The van der Waals surface area contributed by atoms with Crippen LogP contribution in [0.5, 0.6) is 0 Å². The van der Waals surface area contributed by atoms with Gasteiger partial charge in [-0.25, -0.2) is 6.16 Å². The molecule has 3 nitrogen and oxygen atoms in total. The van der Waals surface area contributed by atoms with Crippen molar-refractivity contribution in [2.75, 3.05) is 28.2 Å². The molecule has 0 saturated carbocycles. The van der Waals surface area contributed by atoms with Crippen LogP contribution in [0.2, 0.25) is 0 Å². The van der Waals surface area contributed by atoms with Gasteiger partial charge < -0.3 is 4.57 Å². The lowest BCUT2D eigenvalue weighted by Gasteiger charge is -2.37. The van der Waals surface area contributed by atoms with Crippen LogP contribution in [-0.2, 0) is 4.57 Å². The lowest BCUT2D eigenvalue weighted by Crippen LogP contribution is -2.20. The number of nitrogens with zero attached hydrogens (tertiary/aromatic N) is 2. The molecular formula is C6H16N2OP-. The Morgan fingerprint density at radius 3 is 1.40 bits per heavy atom. The zero-order chi connectivity index (χ0) is 8.36. The Kier molecular flexibility index (Phi) is 3.57. The molecule has 0 saturated heterocycles. The number of rotatable bonds is 3. The SMILES string of the molecule is C[CH-]P(=O)(N(C)C)N(C)C. The monoisotopic (exact) mass is 163 g/mol. The maximum absolute atomic E-state index is 11.8. The topological polar surface area (TPSA) is 23.6 Å². The first kappa shape index (κ1) is 10.2. The molecule has 0 aromatic carbocycles. The second-order valence-electron chi connectivity index (χ2n) is 2.54. The molecule has 0 amide bonds. The average molecular weight is 163 g/mol. The van der Waals surface area contributed by atoms with Gasteiger partial charge in [-0.2, -0.15) is 6.92 Å². The van der Waals surface area contributed by atoms with E-state index in [4.69, 9.17) is 0 Å². The van der Waals surface area contributed by atoms with Gasteiger partial charge in [0.05, 0.1) is 7.44 Å². The van der Waals surface area contributed by atoms with Crippen molar-refractivity contribution in [3.63, 3.8) is 0 Å². The van der Waals surface area contributed by atoms with Gasteiger partial charge in [0.25, 0.3) is 0 Å². The van der Waals surface area contributed by atoms with Crippen molar-refractivity contribution >= 4 is 7.44 Å². The highest BCUT2D eigenvalue weighted by Gasteiger charge is 2.15. The van der Waals surface area contributed by atoms with Gasteiger partial charge in [0, 0.05) is 0 Å². The van der Waals surface area contributed by atoms with Crippen LogP contribution in [0.15, 0.2) is 0 Å². The molecule has 0 aliphatic heterocycles. The molecule has 0 bridgehead atoms. The minimum absolute atomic E-state index is 1.74. The summed E-state index contributed by atoms with van der Waals surface area (Å²) in [7, 11) is 4.98. The lowest BCUT2D eigenvalue weighted by atomic mass is 11.0. The largest absolute Gasteiger partial charge is 0.324 e. The maximum Gasteiger partial charge on any atom is 0.0764 e. The van der Waals surface area contributed by atoms with Crippen molar-refractivity contribution < 1.29 is 4.57 Å². The predicted octanol–water partition coefficient (Wildman–Crippen LogP) is 1.48. The zero-order valence-electron chi connectivity index (χ0n) is 7.33. The Bertz CT molecular complexity index is 133. The summed E-state index contributed by atoms with van der Waals surface area (Å²) < 4.78 is 15.3. The number of hydrogen-bond acceptors (Lipinski definition) is 1. The number of hydrogen-bond donors (Lipinski definition) is 0. The average Bonchev–Trinajstić information content (AvgIpc) is 1.85. The summed E-state index contributed by atoms with van der Waals surface area (Å²) in [4.78, 5) is 0. The molecule has 0 aromatic heterocycles. The van der Waals surface area contributed by atoms with Crippen molar-refractivity contribution in [1.29, 1.82) is 0 Å². The molecule has 0 rings (SSSR count). The van der Waals surface area contributed by atoms with E-state index in [2.05, 4.69) is 0 Å². The van der Waals surface area contributed by atoms with E-state index in [0.717, 1.165) is 0 Å². The van der Waals surface area contributed by atoms with Crippen LogP contribution in [0.3, 0.4) is 0 Å². The van der Waals surface area contributed by atoms with Crippen molar-refractivity contribution in [2.45, 2.75) is 6.92 Å². The second kappa shape index (κ2) is 3.51. The van der Waals surface area contributed by atoms with Gasteiger partial charge in [-0.3, -0.25) is 9.34 Å². The highest BCUT2D eigenvalue weighted by atomic mass is 31.2. The van der Waals surface area contributed by atoms with Crippen LogP contribution in [0.4, 0.5) is 0 Å². The molecule has 4 heteroatoms. The minimum Gasteiger partial charge on any atom is -0.324 e. The fourth-order valence-electron chi connectivity index (χ4n) is 0.820. The van der Waals surface area contributed by atoms with E-state index < -0.39 is 7.44 Å². The van der Waals surface area contributed by atoms with E-state index in [0.29, 0.717) is 0 Å². The molecule has 0 heterocycles. The summed E-state index contributed by atoms with van der Waals surface area (Å²) in [6, 6.07) is 0. The molecule has 0 N–H and O–H groups in total. The molecule has 0 spiro atoms. The van der Waals surface area contributed by atoms with Crippen molar-refractivity contribution in [1.82, 2.24) is 9.34 Å². The second-order valence-corrected chi connectivity index (χ2v) is 5.84. The van der Waals surface area contributed by atoms with Gasteiger partial charge in [-0.05, 0) is 28.2 Å². The Labute approximate surface area is 63.5 Å². The summed E-state index contributed by atoms with van der Waals surface area (Å²) in [5, 5.41) is 0. The highest BCUT2D eigenvalue weighted by molar-refractivity contribution is 7.61. The summed E-state index contributed by atoms with van der Waals surface area (Å²) in [6.45, 7) is 1.82. The molecule has 62 valence electrons. The molecule has 0 unspecified atom stereocenters. The molecule has 0 aliphatic rings. The smallest absolute Gasteiger partial charge is 0.0764 e. The molecule has 0 fully saturated rings. The first-order chi connectivity index (χ1) is 4.45. The third-order valence-electron chi connectivity index (χ3n) is 1.48. The van der Waals surface area contributed by atoms with E-state index in [1.165, 1.54) is 0 Å². The predicted molar refractivity (Wildman–Crippen MR) is 45.0 cm³/mol. The minimum atomic E-state index is -2.30. The first-order valence-corrected chi connectivity index (χ1v) is 4.89. The van der Waals surface area contributed by atoms with Gasteiger partial charge in [-0.1, -0.05) is 0 Å². The third kappa shape index (κ3) is 1.82. The van der Waals surface area contributed by atoms with E-state index in [1.54, 1.807) is 15.5 Å². The van der Waals surface area contributed by atoms with Crippen LogP contribution in [-0.4, -0.2) is 37.5 Å². The Hall–Kier alpha value is 0.150. The molecule has 10 heavy (non-hydrogen) atoms. The van der Waals surface area contributed by atoms with Gasteiger partial charge in [0.2, 0.25) is 0 Å². The van der Waals surface area contributed by atoms with Crippen molar-refractivity contribution in [3.05, 3.63) is 6.16 Å². The van der Waals surface area contributed by atoms with Crippen LogP contribution in [0.25, 0.3) is 0 Å². The molecule has 0 atom stereocenters. The summed E-state index contributed by atoms with van der Waals surface area (Å²) in [5.74, 6) is 0. The van der Waals surface area contributed by atoms with Crippen LogP contribution in [0.1, 0.15) is 6.92 Å². The summed E-state index contributed by atoms with van der Waals surface area (Å²) in [5.41, 5.74) is 0. The maximum atomic E-state index is 11.8. The standard InChI is InChI=1S/C6H16N2OP/c1-6-10(9,7(2)3)8(4)5/h6H,1-5H3/q-1. The van der Waals surface area contributed by atoms with Gasteiger partial charge >= 0.3 is 0 Å². The van der Waals surface area contributed by atoms with E-state index >= 15 is 0 Å². The van der Waals surface area contributed by atoms with E-state index in [9.17, 15) is 4.57 Å². The zero-order valence-corrected chi connectivity index (χ0v) is 8.22. The molecule has 0 radical (unpaired) electrons. The Morgan fingerprint density at radius 2 is 1.40 bits per heavy atom. The third-order valence-corrected chi connectivity index (χ3v) is 4.45. The van der Waals surface area contributed by atoms with Crippen LogP contribution >= 0.6 is 7.44 Å².